The van der Waals surface area contributed by atoms with E-state index in [-0.39, 0.29) is 23.8 Å². The molecule has 3 rings (SSSR count). The number of hydrogen-bond acceptors (Lipinski definition) is 4. The van der Waals surface area contributed by atoms with Crippen molar-refractivity contribution in [2.45, 2.75) is 39.3 Å². The molecule has 7 heteroatoms. The van der Waals surface area contributed by atoms with Crippen molar-refractivity contribution in [3.8, 4) is 0 Å². The van der Waals surface area contributed by atoms with E-state index in [1.807, 2.05) is 33.0 Å². The van der Waals surface area contributed by atoms with Gasteiger partial charge in [0.1, 0.15) is 5.76 Å². The second-order valence-electron chi connectivity index (χ2n) is 6.87. The molecule has 0 N–H and O–H groups in total. The summed E-state index contributed by atoms with van der Waals surface area (Å²) in [6.45, 7) is 4.91. The Balaban J connectivity index is 1.87. The molecule has 2 aromatic heterocycles. The first-order valence-corrected chi connectivity index (χ1v) is 8.99. The van der Waals surface area contributed by atoms with Crippen molar-refractivity contribution in [1.82, 2.24) is 19.6 Å². The average Bonchev–Trinajstić information content (AvgIpc) is 3.22. The molecule has 0 spiro atoms. The number of carbonyl (C=O) groups is 2. The molecule has 1 aliphatic rings. The fraction of sp³-hybridized carbons (Fsp3) is 0.526. The van der Waals surface area contributed by atoms with Crippen LogP contribution in [-0.4, -0.2) is 45.0 Å². The molecular formula is C19H26N4O3. The predicted octanol–water partition coefficient (Wildman–Crippen LogP) is 2.28. The molecular weight excluding hydrogens is 332 g/mol. The van der Waals surface area contributed by atoms with Gasteiger partial charge in [0, 0.05) is 33.3 Å². The maximum atomic E-state index is 13.2. The maximum absolute atomic E-state index is 13.2. The number of nitrogens with zero attached hydrogens (tertiary/aromatic N) is 4. The third-order valence-corrected chi connectivity index (χ3v) is 5.25. The zero-order chi connectivity index (χ0) is 18.8. The van der Waals surface area contributed by atoms with E-state index >= 15 is 0 Å². The van der Waals surface area contributed by atoms with Crippen LogP contribution in [0.15, 0.2) is 29.0 Å². The molecule has 2 aromatic rings. The van der Waals surface area contributed by atoms with Gasteiger partial charge in [-0.15, -0.1) is 0 Å². The zero-order valence-electron chi connectivity index (χ0n) is 15.8. The molecule has 2 amide bonds. The molecule has 1 aliphatic heterocycles. The van der Waals surface area contributed by atoms with Crippen molar-refractivity contribution in [2.24, 2.45) is 13.0 Å². The summed E-state index contributed by atoms with van der Waals surface area (Å²) in [4.78, 5) is 29.2. The van der Waals surface area contributed by atoms with E-state index in [9.17, 15) is 9.59 Å². The molecule has 7 nitrogen and oxygen atoms in total. The lowest BCUT2D eigenvalue weighted by Gasteiger charge is -2.41. The molecule has 0 radical (unpaired) electrons. The molecule has 0 unspecified atom stereocenters. The summed E-state index contributed by atoms with van der Waals surface area (Å²) in [5, 5.41) is 4.24. The number of furan rings is 1. The van der Waals surface area contributed by atoms with Crippen LogP contribution in [0.3, 0.4) is 0 Å². The first kappa shape index (κ1) is 18.2. The van der Waals surface area contributed by atoms with Crippen LogP contribution >= 0.6 is 0 Å². The van der Waals surface area contributed by atoms with Gasteiger partial charge in [-0.25, -0.2) is 0 Å². The van der Waals surface area contributed by atoms with Gasteiger partial charge in [-0.2, -0.15) is 5.10 Å². The van der Waals surface area contributed by atoms with E-state index < -0.39 is 0 Å². The van der Waals surface area contributed by atoms with E-state index in [0.29, 0.717) is 25.9 Å². The quantitative estimate of drug-likeness (QED) is 0.822. The van der Waals surface area contributed by atoms with Gasteiger partial charge in [0.25, 0.3) is 0 Å². The van der Waals surface area contributed by atoms with Crippen LogP contribution in [0, 0.1) is 12.8 Å². The molecule has 0 saturated carbocycles. The lowest BCUT2D eigenvalue weighted by molar-refractivity contribution is -0.147. The van der Waals surface area contributed by atoms with E-state index in [2.05, 4.69) is 5.10 Å². The second kappa shape index (κ2) is 7.35. The van der Waals surface area contributed by atoms with Crippen molar-refractivity contribution in [3.05, 3.63) is 41.6 Å². The molecule has 140 valence electrons. The normalized spacial score (nSPS) is 20.5. The number of carbonyl (C=O) groups excluding carboxylic acids is 2. The summed E-state index contributed by atoms with van der Waals surface area (Å²) in [6.07, 6.45) is 4.29. The minimum Gasteiger partial charge on any atom is -0.467 e. The second-order valence-corrected chi connectivity index (χ2v) is 6.87. The van der Waals surface area contributed by atoms with Crippen molar-refractivity contribution in [3.63, 3.8) is 0 Å². The summed E-state index contributed by atoms with van der Waals surface area (Å²) in [5.74, 6) is 0.616. The van der Waals surface area contributed by atoms with Crippen LogP contribution < -0.4 is 0 Å². The zero-order valence-corrected chi connectivity index (χ0v) is 15.8. The van der Waals surface area contributed by atoms with Gasteiger partial charge in [-0.05, 0) is 38.0 Å². The van der Waals surface area contributed by atoms with Gasteiger partial charge < -0.3 is 14.2 Å². The van der Waals surface area contributed by atoms with Crippen LogP contribution in [0.25, 0.3) is 0 Å². The smallest absolute Gasteiger partial charge is 0.228 e. The first-order chi connectivity index (χ1) is 12.4. The third kappa shape index (κ3) is 3.25. The summed E-state index contributed by atoms with van der Waals surface area (Å²) in [5.41, 5.74) is 1.92. The fourth-order valence-electron chi connectivity index (χ4n) is 3.77. The van der Waals surface area contributed by atoms with E-state index in [0.717, 1.165) is 17.0 Å². The Morgan fingerprint density at radius 1 is 1.42 bits per heavy atom. The van der Waals surface area contributed by atoms with E-state index in [1.54, 1.807) is 34.0 Å². The number of aryl methyl sites for hydroxylation is 2. The summed E-state index contributed by atoms with van der Waals surface area (Å²) in [7, 11) is 3.64. The number of piperidine rings is 1. The molecule has 1 fully saturated rings. The van der Waals surface area contributed by atoms with Gasteiger partial charge in [0.15, 0.2) is 0 Å². The van der Waals surface area contributed by atoms with Crippen LogP contribution in [0.5, 0.6) is 0 Å². The topological polar surface area (TPSA) is 71.6 Å². The van der Waals surface area contributed by atoms with Crippen LogP contribution in [0.1, 0.15) is 42.8 Å². The summed E-state index contributed by atoms with van der Waals surface area (Å²) >= 11 is 0. The van der Waals surface area contributed by atoms with Crippen molar-refractivity contribution < 1.29 is 14.0 Å². The van der Waals surface area contributed by atoms with Crippen LogP contribution in [0.2, 0.25) is 0 Å². The predicted molar refractivity (Wildman–Crippen MR) is 96.0 cm³/mol. The Labute approximate surface area is 153 Å². The lowest BCUT2D eigenvalue weighted by atomic mass is 9.85. The Bertz CT molecular complexity index is 794. The number of rotatable bonds is 5. The van der Waals surface area contributed by atoms with Crippen LogP contribution in [0.4, 0.5) is 0 Å². The Morgan fingerprint density at radius 2 is 2.19 bits per heavy atom. The molecule has 26 heavy (non-hydrogen) atoms. The highest BCUT2D eigenvalue weighted by atomic mass is 16.3. The fourth-order valence-corrected chi connectivity index (χ4v) is 3.77. The van der Waals surface area contributed by atoms with Crippen molar-refractivity contribution >= 4 is 11.8 Å². The van der Waals surface area contributed by atoms with Gasteiger partial charge in [0.2, 0.25) is 11.8 Å². The standard InChI is InChI=1S/C19H26N4O3/c1-5-23-17(24)7-6-14(18(23)15-8-10-20-22(15)4)19(25)21(3)12-16-13(2)9-11-26-16/h8-11,14,18H,5-7,12H2,1-4H3/t14-,18-/m0/s1. The number of aromatic nitrogens is 2. The lowest BCUT2D eigenvalue weighted by Crippen LogP contribution is -2.48. The highest BCUT2D eigenvalue weighted by Gasteiger charge is 2.42. The minimum absolute atomic E-state index is 0.0259. The van der Waals surface area contributed by atoms with Gasteiger partial charge >= 0.3 is 0 Å². The Kier molecular flexibility index (Phi) is 5.15. The SMILES string of the molecule is CCN1C(=O)CC[C@H](C(=O)N(C)Cc2occc2C)[C@H]1c1ccnn1C. The molecule has 1 saturated heterocycles. The van der Waals surface area contributed by atoms with Crippen LogP contribution in [-0.2, 0) is 23.2 Å². The average molecular weight is 358 g/mol. The van der Waals surface area contributed by atoms with E-state index in [1.165, 1.54) is 0 Å². The first-order valence-electron chi connectivity index (χ1n) is 8.99. The van der Waals surface area contributed by atoms with Crippen molar-refractivity contribution in [2.75, 3.05) is 13.6 Å². The molecule has 3 heterocycles. The largest absolute Gasteiger partial charge is 0.467 e. The van der Waals surface area contributed by atoms with Crippen molar-refractivity contribution in [1.29, 1.82) is 0 Å². The highest BCUT2D eigenvalue weighted by Crippen LogP contribution is 2.37. The highest BCUT2D eigenvalue weighted by molar-refractivity contribution is 5.84. The minimum atomic E-state index is -0.290. The summed E-state index contributed by atoms with van der Waals surface area (Å²) in [6, 6.07) is 3.49. The number of hydrogen-bond donors (Lipinski definition) is 0. The molecule has 0 aromatic carbocycles. The van der Waals surface area contributed by atoms with E-state index in [4.69, 9.17) is 4.42 Å². The monoisotopic (exact) mass is 358 g/mol. The van der Waals surface area contributed by atoms with Gasteiger partial charge in [-0.3, -0.25) is 14.3 Å². The maximum Gasteiger partial charge on any atom is 0.228 e. The summed E-state index contributed by atoms with van der Waals surface area (Å²) < 4.78 is 7.23. The Morgan fingerprint density at radius 3 is 2.77 bits per heavy atom. The number of amides is 2. The van der Waals surface area contributed by atoms with Gasteiger partial charge in [-0.1, -0.05) is 0 Å². The molecule has 0 bridgehead atoms. The molecule has 0 aliphatic carbocycles. The third-order valence-electron chi connectivity index (χ3n) is 5.25. The molecule has 2 atom stereocenters. The van der Waals surface area contributed by atoms with Gasteiger partial charge in [0.05, 0.1) is 30.5 Å². The number of likely N-dealkylation sites (tertiary alicyclic amines) is 1. The Hall–Kier alpha value is -2.57.